The molecule has 1 aliphatic rings. The molecule has 30 heavy (non-hydrogen) atoms. The van der Waals surface area contributed by atoms with Crippen molar-refractivity contribution in [3.05, 3.63) is 107 Å². The molecule has 0 bridgehead atoms. The topological polar surface area (TPSA) is 80.8 Å². The summed E-state index contributed by atoms with van der Waals surface area (Å²) in [5.74, 6) is -2.35. The molecule has 0 spiro atoms. The van der Waals surface area contributed by atoms with Crippen LogP contribution >= 0.6 is 0 Å². The maximum atomic E-state index is 13.0. The summed E-state index contributed by atoms with van der Waals surface area (Å²) in [4.78, 5) is 51.4. The Kier molecular flexibility index (Phi) is 5.22. The Balaban J connectivity index is 1.55. The number of nitrogens with zero attached hydrogens (tertiary/aromatic N) is 1. The number of fused-ring (bicyclic) bond motifs is 1. The van der Waals surface area contributed by atoms with Crippen LogP contribution in [0.1, 0.15) is 42.7 Å². The lowest BCUT2D eigenvalue weighted by atomic mass is 10.00. The number of rotatable bonds is 6. The van der Waals surface area contributed by atoms with E-state index < -0.39 is 36.2 Å². The molecule has 3 aromatic rings. The maximum Gasteiger partial charge on any atom is 0.327 e. The highest BCUT2D eigenvalue weighted by atomic mass is 16.5. The Morgan fingerprint density at radius 1 is 0.733 bits per heavy atom. The van der Waals surface area contributed by atoms with Crippen molar-refractivity contribution in [2.75, 3.05) is 6.54 Å². The van der Waals surface area contributed by atoms with E-state index in [2.05, 4.69) is 0 Å². The van der Waals surface area contributed by atoms with E-state index in [1.807, 2.05) is 0 Å². The lowest BCUT2D eigenvalue weighted by Crippen LogP contribution is -2.36. The maximum absolute atomic E-state index is 13.0. The summed E-state index contributed by atoms with van der Waals surface area (Å²) >= 11 is 0. The van der Waals surface area contributed by atoms with Crippen molar-refractivity contribution >= 4 is 23.6 Å². The monoisotopic (exact) mass is 399 g/mol. The first-order valence-electron chi connectivity index (χ1n) is 9.35. The number of hydrogen-bond donors (Lipinski definition) is 0. The molecule has 0 aromatic heterocycles. The van der Waals surface area contributed by atoms with Gasteiger partial charge in [-0.05, 0) is 12.1 Å². The largest absolute Gasteiger partial charge is 0.448 e. The molecule has 4 rings (SSSR count). The molecule has 1 heterocycles. The molecule has 6 nitrogen and oxygen atoms in total. The molecule has 1 atom stereocenters. The second-order valence-corrected chi connectivity index (χ2v) is 6.75. The normalized spacial score (nSPS) is 13.7. The third-order valence-electron chi connectivity index (χ3n) is 4.81. The average molecular weight is 399 g/mol. The summed E-state index contributed by atoms with van der Waals surface area (Å²) in [5.41, 5.74) is 1.38. The van der Waals surface area contributed by atoms with Gasteiger partial charge in [0, 0.05) is 11.1 Å². The lowest BCUT2D eigenvalue weighted by Gasteiger charge is -2.19. The molecule has 0 unspecified atom stereocenters. The quantitative estimate of drug-likeness (QED) is 0.360. The van der Waals surface area contributed by atoms with Crippen LogP contribution < -0.4 is 0 Å². The van der Waals surface area contributed by atoms with Gasteiger partial charge in [0.15, 0.2) is 6.10 Å². The fraction of sp³-hybridized carbons (Fsp3) is 0.0833. The van der Waals surface area contributed by atoms with Gasteiger partial charge in [-0.3, -0.25) is 24.1 Å². The first-order valence-corrected chi connectivity index (χ1v) is 9.35. The van der Waals surface area contributed by atoms with Crippen molar-refractivity contribution in [3.8, 4) is 0 Å². The van der Waals surface area contributed by atoms with E-state index in [0.717, 1.165) is 4.90 Å². The van der Waals surface area contributed by atoms with Crippen LogP contribution in [-0.4, -0.2) is 35.0 Å². The van der Waals surface area contributed by atoms with Crippen molar-refractivity contribution in [1.82, 2.24) is 4.90 Å². The van der Waals surface area contributed by atoms with Crippen LogP contribution in [0.25, 0.3) is 0 Å². The summed E-state index contributed by atoms with van der Waals surface area (Å²) in [6, 6.07) is 23.5. The number of benzene rings is 3. The Hall–Kier alpha value is -4.06. The van der Waals surface area contributed by atoms with Crippen molar-refractivity contribution in [1.29, 1.82) is 0 Å². The van der Waals surface area contributed by atoms with E-state index in [9.17, 15) is 19.2 Å². The number of esters is 1. The Bertz CT molecular complexity index is 1090. The van der Waals surface area contributed by atoms with Gasteiger partial charge in [-0.2, -0.15) is 0 Å². The number of hydrogen-bond acceptors (Lipinski definition) is 5. The third kappa shape index (κ3) is 3.63. The zero-order chi connectivity index (χ0) is 21.1. The summed E-state index contributed by atoms with van der Waals surface area (Å²) in [6.07, 6.45) is -1.18. The first kappa shape index (κ1) is 19.3. The smallest absolute Gasteiger partial charge is 0.327 e. The molecule has 3 aromatic carbocycles. The minimum absolute atomic E-state index is 0.246. The minimum atomic E-state index is -1.18. The molecule has 0 N–H and O–H groups in total. The molecular weight excluding hydrogens is 382 g/mol. The predicted molar refractivity (Wildman–Crippen MR) is 108 cm³/mol. The van der Waals surface area contributed by atoms with Gasteiger partial charge in [0.25, 0.3) is 11.8 Å². The van der Waals surface area contributed by atoms with Crippen LogP contribution in [-0.2, 0) is 9.53 Å². The molecule has 0 radical (unpaired) electrons. The van der Waals surface area contributed by atoms with E-state index in [4.69, 9.17) is 4.74 Å². The minimum Gasteiger partial charge on any atom is -0.448 e. The van der Waals surface area contributed by atoms with Crippen LogP contribution in [0, 0.1) is 0 Å². The number of carbonyl (C=O) groups excluding carboxylic acids is 4. The van der Waals surface area contributed by atoms with Gasteiger partial charge in [-0.1, -0.05) is 72.8 Å². The van der Waals surface area contributed by atoms with Crippen LogP contribution in [0.5, 0.6) is 0 Å². The first-order chi connectivity index (χ1) is 14.6. The summed E-state index contributed by atoms with van der Waals surface area (Å²) < 4.78 is 5.48. The zero-order valence-corrected chi connectivity index (χ0v) is 15.9. The molecular formula is C24H17NO5. The Morgan fingerprint density at radius 2 is 1.23 bits per heavy atom. The molecule has 1 aliphatic heterocycles. The standard InChI is InChI=1S/C24H17NO5/c26-20(15-25-23(28)18-13-7-8-14-19(18)24(25)29)30-22(17-11-5-2-6-12-17)21(27)16-9-3-1-4-10-16/h1-14,22H,15H2/t22-/m0/s1. The molecule has 2 amide bonds. The van der Waals surface area contributed by atoms with Gasteiger partial charge in [0.1, 0.15) is 6.54 Å². The Labute approximate surface area is 172 Å². The van der Waals surface area contributed by atoms with Gasteiger partial charge in [-0.15, -0.1) is 0 Å². The van der Waals surface area contributed by atoms with Gasteiger partial charge in [0.05, 0.1) is 11.1 Å². The highest BCUT2D eigenvalue weighted by Gasteiger charge is 2.37. The molecule has 0 fully saturated rings. The fourth-order valence-electron chi connectivity index (χ4n) is 3.34. The van der Waals surface area contributed by atoms with Gasteiger partial charge >= 0.3 is 5.97 Å². The van der Waals surface area contributed by atoms with Gasteiger partial charge in [-0.25, -0.2) is 0 Å². The van der Waals surface area contributed by atoms with E-state index in [-0.39, 0.29) is 11.1 Å². The highest BCUT2D eigenvalue weighted by Crippen LogP contribution is 2.25. The highest BCUT2D eigenvalue weighted by molar-refractivity contribution is 6.22. The number of amides is 2. The molecule has 0 saturated heterocycles. The van der Waals surface area contributed by atoms with E-state index in [0.29, 0.717) is 11.1 Å². The third-order valence-corrected chi connectivity index (χ3v) is 4.81. The average Bonchev–Trinajstić information content (AvgIpc) is 3.03. The fourth-order valence-corrected chi connectivity index (χ4v) is 3.34. The van der Waals surface area contributed by atoms with E-state index in [1.165, 1.54) is 12.1 Å². The van der Waals surface area contributed by atoms with Crippen LogP contribution in [0.2, 0.25) is 0 Å². The van der Waals surface area contributed by atoms with E-state index in [1.54, 1.807) is 72.8 Å². The number of ether oxygens (including phenoxy) is 1. The van der Waals surface area contributed by atoms with Gasteiger partial charge < -0.3 is 4.74 Å². The van der Waals surface area contributed by atoms with Crippen LogP contribution in [0.15, 0.2) is 84.9 Å². The van der Waals surface area contributed by atoms with Crippen molar-refractivity contribution in [2.45, 2.75) is 6.10 Å². The van der Waals surface area contributed by atoms with Crippen LogP contribution in [0.3, 0.4) is 0 Å². The lowest BCUT2D eigenvalue weighted by molar-refractivity contribution is -0.147. The summed E-state index contributed by atoms with van der Waals surface area (Å²) in [5, 5.41) is 0. The summed E-state index contributed by atoms with van der Waals surface area (Å²) in [7, 11) is 0. The predicted octanol–water partition coefficient (Wildman–Crippen LogP) is 3.45. The number of carbonyl (C=O) groups is 4. The van der Waals surface area contributed by atoms with Crippen molar-refractivity contribution < 1.29 is 23.9 Å². The zero-order valence-electron chi connectivity index (χ0n) is 15.9. The molecule has 148 valence electrons. The second-order valence-electron chi connectivity index (χ2n) is 6.75. The molecule has 6 heteroatoms. The molecule has 0 aliphatic carbocycles. The second kappa shape index (κ2) is 8.13. The van der Waals surface area contributed by atoms with Crippen LogP contribution in [0.4, 0.5) is 0 Å². The van der Waals surface area contributed by atoms with E-state index >= 15 is 0 Å². The summed E-state index contributed by atoms with van der Waals surface area (Å²) in [6.45, 7) is -0.572. The van der Waals surface area contributed by atoms with Crippen molar-refractivity contribution in [3.63, 3.8) is 0 Å². The van der Waals surface area contributed by atoms with Crippen molar-refractivity contribution in [2.24, 2.45) is 0 Å². The number of imide groups is 1. The Morgan fingerprint density at radius 3 is 1.80 bits per heavy atom. The SMILES string of the molecule is O=C(CN1C(=O)c2ccccc2C1=O)O[C@H](C(=O)c1ccccc1)c1ccccc1. The van der Waals surface area contributed by atoms with Gasteiger partial charge in [0.2, 0.25) is 5.78 Å². The molecule has 0 saturated carbocycles. The number of Topliss-reactive ketones (excluding diaryl/α,β-unsaturated/α-hetero) is 1. The number of ketones is 1.